The van der Waals surface area contributed by atoms with E-state index in [1.54, 1.807) is 0 Å². The molecule has 0 amide bonds. The molecule has 0 saturated heterocycles. The first-order valence-electron chi connectivity index (χ1n) is 5.66. The predicted molar refractivity (Wildman–Crippen MR) is 65.4 cm³/mol. The van der Waals surface area contributed by atoms with Gasteiger partial charge in [-0.05, 0) is 18.1 Å². The Labute approximate surface area is 101 Å². The van der Waals surface area contributed by atoms with Crippen molar-refractivity contribution in [2.75, 3.05) is 13.4 Å². The summed E-state index contributed by atoms with van der Waals surface area (Å²) in [5, 5.41) is 0. The van der Waals surface area contributed by atoms with E-state index in [0.717, 1.165) is 29.1 Å². The first-order chi connectivity index (χ1) is 8.24. The number of rotatable bonds is 5. The summed E-state index contributed by atoms with van der Waals surface area (Å²) >= 11 is 0. The number of fused-ring (bicyclic) bond motifs is 1. The summed E-state index contributed by atoms with van der Waals surface area (Å²) < 4.78 is 16.3. The van der Waals surface area contributed by atoms with Gasteiger partial charge in [0.25, 0.3) is 0 Å². The highest BCUT2D eigenvalue weighted by Crippen LogP contribution is 2.38. The maximum Gasteiger partial charge on any atom is 0.231 e. The largest absolute Gasteiger partial charge is 0.489 e. The van der Waals surface area contributed by atoms with E-state index in [4.69, 9.17) is 19.9 Å². The Hall–Kier alpha value is -1.68. The van der Waals surface area contributed by atoms with E-state index in [2.05, 4.69) is 13.5 Å². The maximum absolute atomic E-state index is 5.69. The van der Waals surface area contributed by atoms with Crippen molar-refractivity contribution in [2.45, 2.75) is 19.9 Å². The van der Waals surface area contributed by atoms with Crippen molar-refractivity contribution in [3.05, 3.63) is 29.8 Å². The van der Waals surface area contributed by atoms with Crippen molar-refractivity contribution in [2.24, 2.45) is 5.73 Å². The molecule has 2 rings (SSSR count). The second kappa shape index (κ2) is 5.10. The number of hydrogen-bond acceptors (Lipinski definition) is 4. The summed E-state index contributed by atoms with van der Waals surface area (Å²) in [7, 11) is 0. The molecule has 0 fully saturated rings. The average molecular weight is 235 g/mol. The Kier molecular flexibility index (Phi) is 3.54. The van der Waals surface area contributed by atoms with Gasteiger partial charge in [0.15, 0.2) is 11.5 Å². The van der Waals surface area contributed by atoms with E-state index < -0.39 is 0 Å². The van der Waals surface area contributed by atoms with Crippen LogP contribution in [0.25, 0.3) is 0 Å². The summed E-state index contributed by atoms with van der Waals surface area (Å²) in [5.74, 6) is 2.18. The molecule has 0 saturated carbocycles. The second-order valence-electron chi connectivity index (χ2n) is 3.91. The minimum absolute atomic E-state index is 0.254. The SMILES string of the molecule is C=C(CC)COc1cc2c(cc1CN)OCO2. The van der Waals surface area contributed by atoms with Gasteiger partial charge in [-0.15, -0.1) is 0 Å². The van der Waals surface area contributed by atoms with Crippen LogP contribution in [0.2, 0.25) is 0 Å². The molecule has 0 atom stereocenters. The van der Waals surface area contributed by atoms with Gasteiger partial charge in [0.1, 0.15) is 12.4 Å². The van der Waals surface area contributed by atoms with Gasteiger partial charge in [0.2, 0.25) is 6.79 Å². The lowest BCUT2D eigenvalue weighted by Crippen LogP contribution is -2.05. The van der Waals surface area contributed by atoms with Crippen LogP contribution in [-0.4, -0.2) is 13.4 Å². The smallest absolute Gasteiger partial charge is 0.231 e. The van der Waals surface area contributed by atoms with Crippen LogP contribution in [0.5, 0.6) is 17.2 Å². The lowest BCUT2D eigenvalue weighted by atomic mass is 10.1. The van der Waals surface area contributed by atoms with Crippen LogP contribution in [0.4, 0.5) is 0 Å². The van der Waals surface area contributed by atoms with Crippen LogP contribution in [0.1, 0.15) is 18.9 Å². The topological polar surface area (TPSA) is 53.7 Å². The van der Waals surface area contributed by atoms with E-state index >= 15 is 0 Å². The van der Waals surface area contributed by atoms with Crippen molar-refractivity contribution in [3.8, 4) is 17.2 Å². The number of ether oxygens (including phenoxy) is 3. The summed E-state index contributed by atoms with van der Waals surface area (Å²) in [4.78, 5) is 0. The summed E-state index contributed by atoms with van der Waals surface area (Å²) in [5.41, 5.74) is 7.65. The Morgan fingerprint density at radius 1 is 1.41 bits per heavy atom. The molecule has 0 aliphatic carbocycles. The lowest BCUT2D eigenvalue weighted by molar-refractivity contribution is 0.174. The molecule has 0 unspecified atom stereocenters. The number of benzene rings is 1. The minimum atomic E-state index is 0.254. The monoisotopic (exact) mass is 235 g/mol. The van der Waals surface area contributed by atoms with Crippen LogP contribution in [0.15, 0.2) is 24.3 Å². The molecule has 1 aromatic carbocycles. The second-order valence-corrected chi connectivity index (χ2v) is 3.91. The molecule has 2 N–H and O–H groups in total. The van der Waals surface area contributed by atoms with Gasteiger partial charge >= 0.3 is 0 Å². The van der Waals surface area contributed by atoms with Gasteiger partial charge in [-0.3, -0.25) is 0 Å². The number of nitrogens with two attached hydrogens (primary N) is 1. The van der Waals surface area contributed by atoms with Gasteiger partial charge in [-0.1, -0.05) is 13.5 Å². The molecule has 1 aliphatic heterocycles. The van der Waals surface area contributed by atoms with Crippen LogP contribution in [0, 0.1) is 0 Å². The lowest BCUT2D eigenvalue weighted by Gasteiger charge is -2.12. The van der Waals surface area contributed by atoms with Gasteiger partial charge in [0, 0.05) is 18.2 Å². The Morgan fingerprint density at radius 3 is 2.76 bits per heavy atom. The fraction of sp³-hybridized carbons (Fsp3) is 0.385. The third-order valence-electron chi connectivity index (χ3n) is 2.71. The first-order valence-corrected chi connectivity index (χ1v) is 5.66. The van der Waals surface area contributed by atoms with Crippen LogP contribution in [-0.2, 0) is 6.54 Å². The standard InChI is InChI=1S/C13H17NO3/c1-3-9(2)7-15-11-5-13-12(16-8-17-13)4-10(11)6-14/h4-5H,2-3,6-8,14H2,1H3. The van der Waals surface area contributed by atoms with Crippen molar-refractivity contribution in [1.29, 1.82) is 0 Å². The van der Waals surface area contributed by atoms with Gasteiger partial charge in [0.05, 0.1) is 0 Å². The highest BCUT2D eigenvalue weighted by Gasteiger charge is 2.17. The molecular weight excluding hydrogens is 218 g/mol. The Balaban J connectivity index is 2.17. The van der Waals surface area contributed by atoms with Crippen LogP contribution in [0.3, 0.4) is 0 Å². The molecule has 4 heteroatoms. The van der Waals surface area contributed by atoms with Crippen LogP contribution >= 0.6 is 0 Å². The third kappa shape index (κ3) is 2.53. The van der Waals surface area contributed by atoms with Crippen molar-refractivity contribution >= 4 is 0 Å². The summed E-state index contributed by atoms with van der Waals surface area (Å²) in [6.45, 7) is 7.12. The van der Waals surface area contributed by atoms with Crippen LogP contribution < -0.4 is 19.9 Å². The third-order valence-corrected chi connectivity index (χ3v) is 2.71. The highest BCUT2D eigenvalue weighted by atomic mass is 16.7. The summed E-state index contributed by atoms with van der Waals surface area (Å²) in [6, 6.07) is 3.69. The molecule has 0 spiro atoms. The van der Waals surface area contributed by atoms with Crippen molar-refractivity contribution in [1.82, 2.24) is 0 Å². The zero-order valence-corrected chi connectivity index (χ0v) is 9.99. The molecule has 17 heavy (non-hydrogen) atoms. The summed E-state index contributed by atoms with van der Waals surface area (Å²) in [6.07, 6.45) is 0.905. The maximum atomic E-state index is 5.69. The van der Waals surface area contributed by atoms with Crippen molar-refractivity contribution < 1.29 is 14.2 Å². The van der Waals surface area contributed by atoms with E-state index in [-0.39, 0.29) is 6.79 Å². The molecule has 4 nitrogen and oxygen atoms in total. The van der Waals surface area contributed by atoms with Crippen molar-refractivity contribution in [3.63, 3.8) is 0 Å². The molecule has 0 bridgehead atoms. The molecule has 1 heterocycles. The van der Waals surface area contributed by atoms with Gasteiger partial charge in [-0.25, -0.2) is 0 Å². The fourth-order valence-electron chi connectivity index (χ4n) is 1.54. The molecule has 0 radical (unpaired) electrons. The molecule has 92 valence electrons. The van der Waals surface area contributed by atoms with Gasteiger partial charge in [-0.2, -0.15) is 0 Å². The predicted octanol–water partition coefficient (Wildman–Crippen LogP) is 2.22. The van der Waals surface area contributed by atoms with E-state index in [1.165, 1.54) is 0 Å². The fourth-order valence-corrected chi connectivity index (χ4v) is 1.54. The first kappa shape index (κ1) is 11.8. The normalized spacial score (nSPS) is 12.6. The minimum Gasteiger partial charge on any atom is -0.489 e. The quantitative estimate of drug-likeness (QED) is 0.795. The van der Waals surface area contributed by atoms with E-state index in [0.29, 0.717) is 18.9 Å². The zero-order valence-electron chi connectivity index (χ0n) is 9.99. The van der Waals surface area contributed by atoms with E-state index in [1.807, 2.05) is 12.1 Å². The molecule has 0 aromatic heterocycles. The highest BCUT2D eigenvalue weighted by molar-refractivity contribution is 5.51. The van der Waals surface area contributed by atoms with Gasteiger partial charge < -0.3 is 19.9 Å². The Morgan fingerprint density at radius 2 is 2.12 bits per heavy atom. The average Bonchev–Trinajstić information content (AvgIpc) is 2.81. The molecular formula is C13H17NO3. The molecule has 1 aliphatic rings. The number of hydrogen-bond donors (Lipinski definition) is 1. The Bertz CT molecular complexity index is 429. The van der Waals surface area contributed by atoms with E-state index in [9.17, 15) is 0 Å². The zero-order chi connectivity index (χ0) is 12.3. The molecule has 1 aromatic rings.